The highest BCUT2D eigenvalue weighted by Gasteiger charge is 2.28. The van der Waals surface area contributed by atoms with Crippen LogP contribution in [0, 0.1) is 11.8 Å². The molecular weight excluding hydrogens is 334 g/mol. The summed E-state index contributed by atoms with van der Waals surface area (Å²) in [7, 11) is 0. The van der Waals surface area contributed by atoms with Gasteiger partial charge >= 0.3 is 0 Å². The third-order valence-corrected chi connectivity index (χ3v) is 5.00. The third-order valence-electron chi connectivity index (χ3n) is 5.00. The van der Waals surface area contributed by atoms with E-state index in [1.165, 1.54) is 25.7 Å². The Bertz CT molecular complexity index is 641. The SMILES string of the molecule is CCCCCCCN1C(=O)CCC1C=CC(O)CCC#Cc1ccccc1. The van der Waals surface area contributed by atoms with E-state index in [9.17, 15) is 9.90 Å². The minimum absolute atomic E-state index is 0.147. The lowest BCUT2D eigenvalue weighted by molar-refractivity contribution is -0.128. The molecule has 1 N–H and O–H groups in total. The van der Waals surface area contributed by atoms with Gasteiger partial charge < -0.3 is 10.0 Å². The van der Waals surface area contributed by atoms with E-state index in [1.807, 2.05) is 47.4 Å². The van der Waals surface area contributed by atoms with Gasteiger partial charge in [0.15, 0.2) is 0 Å². The van der Waals surface area contributed by atoms with Crippen molar-refractivity contribution in [2.24, 2.45) is 0 Å². The van der Waals surface area contributed by atoms with Crippen LogP contribution in [0.5, 0.6) is 0 Å². The number of amides is 1. The fraction of sp³-hybridized carbons (Fsp3) is 0.542. The molecule has 27 heavy (non-hydrogen) atoms. The van der Waals surface area contributed by atoms with Crippen LogP contribution in [0.3, 0.4) is 0 Å². The molecule has 146 valence electrons. The molecule has 2 rings (SSSR count). The van der Waals surface area contributed by atoms with Crippen LogP contribution in [0.2, 0.25) is 0 Å². The number of carbonyl (C=O) groups is 1. The fourth-order valence-electron chi connectivity index (χ4n) is 3.39. The Morgan fingerprint density at radius 2 is 2.00 bits per heavy atom. The first kappa shape index (κ1) is 21.3. The van der Waals surface area contributed by atoms with Gasteiger partial charge in [0.1, 0.15) is 0 Å². The molecule has 1 heterocycles. The van der Waals surface area contributed by atoms with Gasteiger partial charge in [0.2, 0.25) is 5.91 Å². The molecule has 1 aromatic rings. The van der Waals surface area contributed by atoms with Crippen LogP contribution in [0.4, 0.5) is 0 Å². The summed E-state index contributed by atoms with van der Waals surface area (Å²) < 4.78 is 0. The third kappa shape index (κ3) is 8.01. The molecule has 1 amide bonds. The Balaban J connectivity index is 1.72. The summed E-state index contributed by atoms with van der Waals surface area (Å²) >= 11 is 0. The summed E-state index contributed by atoms with van der Waals surface area (Å²) in [6, 6.07) is 10.0. The number of likely N-dealkylation sites (tertiary alicyclic amines) is 1. The van der Waals surface area contributed by atoms with Crippen molar-refractivity contribution in [2.45, 2.75) is 76.9 Å². The standard InChI is InChI=1S/C24H33NO2/c1-2-3-4-5-11-20-25-22(17-19-24(25)27)16-18-23(26)15-10-9-14-21-12-7-6-8-13-21/h6-8,12-13,16,18,22-23,26H,2-5,10-11,15,17,19-20H2,1H3. The highest BCUT2D eigenvalue weighted by Crippen LogP contribution is 2.21. The van der Waals surface area contributed by atoms with Gasteiger partial charge in [-0.3, -0.25) is 4.79 Å². The maximum absolute atomic E-state index is 12.1. The summed E-state index contributed by atoms with van der Waals surface area (Å²) in [5, 5.41) is 10.2. The summed E-state index contributed by atoms with van der Waals surface area (Å²) in [6.45, 7) is 3.06. The van der Waals surface area contributed by atoms with Crippen LogP contribution in [0.1, 0.15) is 70.3 Å². The summed E-state index contributed by atoms with van der Waals surface area (Å²) in [5.74, 6) is 6.48. The lowest BCUT2D eigenvalue weighted by atomic mass is 10.1. The smallest absolute Gasteiger partial charge is 0.223 e. The second-order valence-corrected chi connectivity index (χ2v) is 7.27. The van der Waals surface area contributed by atoms with E-state index in [1.54, 1.807) is 0 Å². The quantitative estimate of drug-likeness (QED) is 0.370. The highest BCUT2D eigenvalue weighted by atomic mass is 16.3. The lowest BCUT2D eigenvalue weighted by Gasteiger charge is -2.22. The van der Waals surface area contributed by atoms with E-state index < -0.39 is 6.10 Å². The van der Waals surface area contributed by atoms with Gasteiger partial charge in [0.05, 0.1) is 12.1 Å². The van der Waals surface area contributed by atoms with Gasteiger partial charge in [0, 0.05) is 24.9 Å². The maximum atomic E-state index is 12.1. The maximum Gasteiger partial charge on any atom is 0.223 e. The van der Waals surface area contributed by atoms with Crippen molar-refractivity contribution in [1.29, 1.82) is 0 Å². The summed E-state index contributed by atoms with van der Waals surface area (Å²) in [5.41, 5.74) is 1.00. The predicted molar refractivity (Wildman–Crippen MR) is 111 cm³/mol. The molecule has 0 radical (unpaired) electrons. The van der Waals surface area contributed by atoms with Crippen LogP contribution >= 0.6 is 0 Å². The van der Waals surface area contributed by atoms with E-state index in [0.29, 0.717) is 19.3 Å². The topological polar surface area (TPSA) is 40.5 Å². The number of unbranched alkanes of at least 4 members (excludes halogenated alkanes) is 4. The van der Waals surface area contributed by atoms with Gasteiger partial charge in [-0.25, -0.2) is 0 Å². The largest absolute Gasteiger partial charge is 0.389 e. The van der Waals surface area contributed by atoms with Gasteiger partial charge in [-0.2, -0.15) is 0 Å². The zero-order valence-corrected chi connectivity index (χ0v) is 16.6. The number of aliphatic hydroxyl groups excluding tert-OH is 1. The Kier molecular flexibility index (Phi) is 9.73. The van der Waals surface area contributed by atoms with Crippen LogP contribution in [-0.2, 0) is 4.79 Å². The van der Waals surface area contributed by atoms with E-state index in [2.05, 4.69) is 18.8 Å². The number of rotatable bonds is 10. The summed E-state index contributed by atoms with van der Waals surface area (Å²) in [6.07, 6.45) is 12.2. The van der Waals surface area contributed by atoms with Crippen LogP contribution in [0.25, 0.3) is 0 Å². The number of carbonyl (C=O) groups excluding carboxylic acids is 1. The van der Waals surface area contributed by atoms with Gasteiger partial charge in [-0.1, -0.05) is 74.8 Å². The molecule has 0 aromatic heterocycles. The van der Waals surface area contributed by atoms with Crippen molar-refractivity contribution < 1.29 is 9.90 Å². The van der Waals surface area contributed by atoms with Crippen LogP contribution < -0.4 is 0 Å². The molecule has 3 nitrogen and oxygen atoms in total. The van der Waals surface area contributed by atoms with Crippen LogP contribution in [-0.4, -0.2) is 34.6 Å². The minimum Gasteiger partial charge on any atom is -0.389 e. The zero-order chi connectivity index (χ0) is 19.3. The fourth-order valence-corrected chi connectivity index (χ4v) is 3.39. The molecule has 0 aliphatic carbocycles. The van der Waals surface area contributed by atoms with E-state index in [4.69, 9.17) is 0 Å². The lowest BCUT2D eigenvalue weighted by Crippen LogP contribution is -2.32. The molecule has 1 aliphatic rings. The average molecular weight is 368 g/mol. The molecule has 3 heteroatoms. The monoisotopic (exact) mass is 367 g/mol. The number of hydrogen-bond donors (Lipinski definition) is 1. The predicted octanol–water partition coefficient (Wildman–Crippen LogP) is 4.70. The van der Waals surface area contributed by atoms with Gasteiger partial charge in [-0.05, 0) is 31.4 Å². The number of benzene rings is 1. The molecule has 2 unspecified atom stereocenters. The first-order valence-electron chi connectivity index (χ1n) is 10.4. The highest BCUT2D eigenvalue weighted by molar-refractivity contribution is 5.79. The number of aliphatic hydroxyl groups is 1. The molecule has 0 bridgehead atoms. The first-order valence-corrected chi connectivity index (χ1v) is 10.4. The second kappa shape index (κ2) is 12.4. The first-order chi connectivity index (χ1) is 13.2. The van der Waals surface area contributed by atoms with Crippen molar-refractivity contribution in [3.8, 4) is 11.8 Å². The molecule has 1 fully saturated rings. The molecule has 1 saturated heterocycles. The Morgan fingerprint density at radius 1 is 1.22 bits per heavy atom. The average Bonchev–Trinajstić information content (AvgIpc) is 3.04. The zero-order valence-electron chi connectivity index (χ0n) is 16.6. The van der Waals surface area contributed by atoms with E-state index in [-0.39, 0.29) is 11.9 Å². The molecule has 1 aliphatic heterocycles. The van der Waals surface area contributed by atoms with Crippen molar-refractivity contribution in [1.82, 2.24) is 4.90 Å². The number of nitrogens with zero attached hydrogens (tertiary/aromatic N) is 1. The van der Waals surface area contributed by atoms with Crippen LogP contribution in [0.15, 0.2) is 42.5 Å². The Morgan fingerprint density at radius 3 is 2.78 bits per heavy atom. The minimum atomic E-state index is -0.503. The van der Waals surface area contributed by atoms with E-state index in [0.717, 1.165) is 24.9 Å². The van der Waals surface area contributed by atoms with Crippen molar-refractivity contribution in [2.75, 3.05) is 6.54 Å². The van der Waals surface area contributed by atoms with E-state index >= 15 is 0 Å². The molecule has 0 spiro atoms. The Labute approximate surface area is 164 Å². The van der Waals surface area contributed by atoms with Gasteiger partial charge in [0.25, 0.3) is 0 Å². The number of hydrogen-bond acceptors (Lipinski definition) is 2. The van der Waals surface area contributed by atoms with Crippen molar-refractivity contribution in [3.63, 3.8) is 0 Å². The summed E-state index contributed by atoms with van der Waals surface area (Å²) in [4.78, 5) is 14.1. The molecule has 2 atom stereocenters. The van der Waals surface area contributed by atoms with Crippen molar-refractivity contribution >= 4 is 5.91 Å². The second-order valence-electron chi connectivity index (χ2n) is 7.27. The van der Waals surface area contributed by atoms with Crippen molar-refractivity contribution in [3.05, 3.63) is 48.0 Å². The Hall–Kier alpha value is -2.05. The molecule has 1 aromatic carbocycles. The molecule has 0 saturated carbocycles. The normalized spacial score (nSPS) is 17.9. The van der Waals surface area contributed by atoms with Gasteiger partial charge in [-0.15, -0.1) is 0 Å². The molecular formula is C24H33NO2.